The summed E-state index contributed by atoms with van der Waals surface area (Å²) in [5.74, 6) is -0.204. The zero-order valence-corrected chi connectivity index (χ0v) is 17.6. The van der Waals surface area contributed by atoms with Gasteiger partial charge in [0.1, 0.15) is 11.5 Å². The summed E-state index contributed by atoms with van der Waals surface area (Å²) in [4.78, 5) is 7.97. The molecule has 2 aromatic heterocycles. The van der Waals surface area contributed by atoms with Gasteiger partial charge in [0.25, 0.3) is 0 Å². The Labute approximate surface area is 173 Å². The molecule has 30 heavy (non-hydrogen) atoms. The smallest absolute Gasteiger partial charge is 0.323 e. The third kappa shape index (κ3) is 6.44. The third-order valence-corrected chi connectivity index (χ3v) is 4.92. The molecule has 0 aromatic carbocycles. The van der Waals surface area contributed by atoms with E-state index in [2.05, 4.69) is 9.97 Å². The molecule has 2 aromatic rings. The van der Waals surface area contributed by atoms with Gasteiger partial charge in [0.05, 0.1) is 37.8 Å². The van der Waals surface area contributed by atoms with Gasteiger partial charge in [-0.3, -0.25) is 23.6 Å². The minimum atomic E-state index is -2.89. The number of hydrogen-bond acceptors (Lipinski definition) is 11. The summed E-state index contributed by atoms with van der Waals surface area (Å²) in [7, 11) is -2.89. The number of rotatable bonds is 12. The van der Waals surface area contributed by atoms with Gasteiger partial charge in [-0.15, -0.1) is 0 Å². The van der Waals surface area contributed by atoms with E-state index in [-0.39, 0.29) is 51.5 Å². The molecule has 0 fully saturated rings. The van der Waals surface area contributed by atoms with Crippen molar-refractivity contribution in [3.05, 3.63) is 46.0 Å². The molecule has 4 N–H and O–H groups in total. The van der Waals surface area contributed by atoms with E-state index < -0.39 is 8.25 Å². The van der Waals surface area contributed by atoms with E-state index in [9.17, 15) is 25.0 Å². The highest BCUT2D eigenvalue weighted by Gasteiger charge is 2.12. The largest absolute Gasteiger partial charge is 0.506 e. The Balaban J connectivity index is 1.69. The first-order valence-electron chi connectivity index (χ1n) is 8.88. The third-order valence-electron chi connectivity index (χ3n) is 4.21. The number of pyridine rings is 2. The van der Waals surface area contributed by atoms with E-state index in [1.165, 1.54) is 12.4 Å². The van der Waals surface area contributed by atoms with Crippen LogP contribution in [0.3, 0.4) is 0 Å². The Morgan fingerprint density at radius 2 is 1.23 bits per heavy atom. The number of aromatic hydroxyl groups is 2. The second-order valence-electron chi connectivity index (χ2n) is 6.18. The minimum absolute atomic E-state index is 0.0176. The van der Waals surface area contributed by atoms with Crippen LogP contribution in [0, 0.1) is 13.8 Å². The molecule has 0 bridgehead atoms. The van der Waals surface area contributed by atoms with Crippen molar-refractivity contribution in [3.63, 3.8) is 0 Å². The molecular formula is C18H25N2O9P. The van der Waals surface area contributed by atoms with Crippen molar-refractivity contribution < 1.29 is 43.5 Å². The molecule has 12 heteroatoms. The van der Waals surface area contributed by atoms with Crippen LogP contribution in [0.15, 0.2) is 12.4 Å². The molecule has 0 saturated heterocycles. The van der Waals surface area contributed by atoms with Crippen molar-refractivity contribution in [1.82, 2.24) is 9.97 Å². The van der Waals surface area contributed by atoms with Crippen molar-refractivity contribution in [2.75, 3.05) is 13.6 Å². The van der Waals surface area contributed by atoms with Gasteiger partial charge in [-0.05, 0) is 13.8 Å². The zero-order chi connectivity index (χ0) is 22.1. The topological polar surface area (TPSA) is 161 Å². The molecule has 2 heterocycles. The van der Waals surface area contributed by atoms with Crippen molar-refractivity contribution in [1.29, 1.82) is 0 Å². The highest BCUT2D eigenvalue weighted by molar-refractivity contribution is 7.33. The number of aromatic nitrogens is 2. The second-order valence-corrected chi connectivity index (χ2v) is 7.26. The lowest BCUT2D eigenvalue weighted by Gasteiger charge is -2.12. The fourth-order valence-electron chi connectivity index (χ4n) is 2.49. The highest BCUT2D eigenvalue weighted by Crippen LogP contribution is 2.27. The van der Waals surface area contributed by atoms with Gasteiger partial charge < -0.3 is 29.9 Å². The number of aliphatic hydroxyl groups excluding tert-OH is 2. The van der Waals surface area contributed by atoms with Crippen molar-refractivity contribution in [2.45, 2.75) is 40.3 Å². The average Bonchev–Trinajstić information content (AvgIpc) is 2.73. The quantitative estimate of drug-likeness (QED) is 0.214. The number of hydrogen-bond donors (Lipinski definition) is 4. The summed E-state index contributed by atoms with van der Waals surface area (Å²) in [6.45, 7) is 1.74. The first kappa shape index (κ1) is 24.2. The van der Waals surface area contributed by atoms with E-state index >= 15 is 0 Å². The zero-order valence-electron chi connectivity index (χ0n) is 16.6. The lowest BCUT2D eigenvalue weighted by atomic mass is 10.1. The summed E-state index contributed by atoms with van der Waals surface area (Å²) in [5, 5.41) is 38.4. The fraction of sp³-hybridized carbons (Fsp3) is 0.444. The molecule has 0 aliphatic carbocycles. The molecule has 166 valence electrons. The van der Waals surface area contributed by atoms with E-state index in [4.69, 9.17) is 18.5 Å². The Kier molecular flexibility index (Phi) is 9.60. The summed E-state index contributed by atoms with van der Waals surface area (Å²) in [5.41, 5.74) is 2.34. The van der Waals surface area contributed by atoms with Crippen molar-refractivity contribution in [3.8, 4) is 11.5 Å². The molecule has 0 aliphatic heterocycles. The molecule has 0 unspecified atom stereocenters. The molecule has 0 atom stereocenters. The second kappa shape index (κ2) is 11.9. The standard InChI is InChI=1S/C18H25N2O9P/c1-11-17(23)15(5-21)13(3-19-11)7-26-9-28-30(25)29-10-27-8-14-4-20-12(2)18(24)16(14)6-22/h3-4,21-24,30H,5-10H2,1-2H3. The van der Waals surface area contributed by atoms with Crippen LogP contribution in [0.4, 0.5) is 0 Å². The Bertz CT molecular complexity index is 810. The van der Waals surface area contributed by atoms with Gasteiger partial charge >= 0.3 is 8.25 Å². The summed E-state index contributed by atoms with van der Waals surface area (Å²) < 4.78 is 31.9. The van der Waals surface area contributed by atoms with Gasteiger partial charge in [-0.1, -0.05) is 0 Å². The number of aliphatic hydroxyl groups is 2. The SMILES string of the molecule is Cc1ncc(COCO[PH](=O)OCOCc2cnc(C)c(O)c2CO)c(CO)c1O. The predicted molar refractivity (Wildman–Crippen MR) is 104 cm³/mol. The minimum Gasteiger partial charge on any atom is -0.506 e. The Morgan fingerprint density at radius 1 is 0.833 bits per heavy atom. The first-order valence-corrected chi connectivity index (χ1v) is 10.1. The van der Waals surface area contributed by atoms with Gasteiger partial charge in [-0.2, -0.15) is 0 Å². The number of nitrogens with zero attached hydrogens (tertiary/aromatic N) is 2. The fourth-order valence-corrected chi connectivity index (χ4v) is 2.94. The predicted octanol–water partition coefficient (Wildman–Crippen LogP) is 1.56. The normalized spacial score (nSPS) is 11.4. The molecule has 11 nitrogen and oxygen atoms in total. The van der Waals surface area contributed by atoms with Gasteiger partial charge in [0.2, 0.25) is 0 Å². The maximum atomic E-state index is 11.7. The van der Waals surface area contributed by atoms with Crippen molar-refractivity contribution in [2.24, 2.45) is 0 Å². The first-order chi connectivity index (χ1) is 14.4. The maximum Gasteiger partial charge on any atom is 0.323 e. The number of ether oxygens (including phenoxy) is 2. The summed E-state index contributed by atoms with van der Waals surface area (Å²) >= 11 is 0. The van der Waals surface area contributed by atoms with Crippen LogP contribution in [-0.2, 0) is 49.5 Å². The lowest BCUT2D eigenvalue weighted by Crippen LogP contribution is -2.04. The molecule has 0 saturated carbocycles. The van der Waals surface area contributed by atoms with E-state index in [1.807, 2.05) is 0 Å². The van der Waals surface area contributed by atoms with Crippen LogP contribution in [0.2, 0.25) is 0 Å². The van der Waals surface area contributed by atoms with Crippen LogP contribution >= 0.6 is 8.25 Å². The van der Waals surface area contributed by atoms with Crippen LogP contribution in [0.1, 0.15) is 33.6 Å². The van der Waals surface area contributed by atoms with Crippen LogP contribution in [0.5, 0.6) is 11.5 Å². The Morgan fingerprint density at radius 3 is 1.60 bits per heavy atom. The molecular weight excluding hydrogens is 419 g/mol. The van der Waals surface area contributed by atoms with Gasteiger partial charge in [0, 0.05) is 34.6 Å². The van der Waals surface area contributed by atoms with Crippen molar-refractivity contribution >= 4 is 8.25 Å². The molecule has 2 rings (SSSR count). The Hall–Kier alpha value is -2.11. The van der Waals surface area contributed by atoms with Crippen LogP contribution in [-0.4, -0.2) is 44.0 Å². The van der Waals surface area contributed by atoms with Crippen LogP contribution < -0.4 is 0 Å². The van der Waals surface area contributed by atoms with Crippen LogP contribution in [0.25, 0.3) is 0 Å². The lowest BCUT2D eigenvalue weighted by molar-refractivity contribution is -0.0277. The molecule has 0 amide bonds. The monoisotopic (exact) mass is 444 g/mol. The van der Waals surface area contributed by atoms with E-state index in [0.29, 0.717) is 33.6 Å². The maximum absolute atomic E-state index is 11.7. The van der Waals surface area contributed by atoms with E-state index in [0.717, 1.165) is 0 Å². The summed E-state index contributed by atoms with van der Waals surface area (Å²) in [6, 6.07) is 0. The average molecular weight is 444 g/mol. The number of aryl methyl sites for hydroxylation is 2. The molecule has 0 radical (unpaired) electrons. The van der Waals surface area contributed by atoms with E-state index in [1.54, 1.807) is 13.8 Å². The van der Waals surface area contributed by atoms with Gasteiger partial charge in [-0.25, -0.2) is 0 Å². The molecule has 0 spiro atoms. The van der Waals surface area contributed by atoms with Gasteiger partial charge in [0.15, 0.2) is 13.6 Å². The molecule has 0 aliphatic rings. The highest BCUT2D eigenvalue weighted by atomic mass is 31.1. The summed E-state index contributed by atoms with van der Waals surface area (Å²) in [6.07, 6.45) is 2.93.